The number of hydrogen-bond donors (Lipinski definition) is 1. The van der Waals surface area contributed by atoms with Crippen LogP contribution < -0.4 is 0 Å². The van der Waals surface area contributed by atoms with E-state index in [2.05, 4.69) is 15.0 Å². The van der Waals surface area contributed by atoms with Crippen LogP contribution in [-0.4, -0.2) is 20.7 Å². The van der Waals surface area contributed by atoms with Gasteiger partial charge in [0.15, 0.2) is 11.7 Å². The summed E-state index contributed by atoms with van der Waals surface area (Å²) in [5.41, 5.74) is 0.794. The molecule has 28 heavy (non-hydrogen) atoms. The highest BCUT2D eigenvalue weighted by atomic mass is 32.1. The standard InChI is InChI=1S/C19H11F3N4OS/c1-9-10-6-7-14(19(20,21)22)26-18(10)28-16(9)15(27)11(8-23)17-24-12-4-2-3-5-13(12)25-17/h2-7,11H,1H3,(H,24,25). The van der Waals surface area contributed by atoms with E-state index in [1.54, 1.807) is 31.2 Å². The minimum Gasteiger partial charge on any atom is -0.340 e. The maximum atomic E-state index is 13.0. The average Bonchev–Trinajstić information content (AvgIpc) is 3.22. The summed E-state index contributed by atoms with van der Waals surface area (Å²) in [6.07, 6.45) is -4.57. The Balaban J connectivity index is 1.78. The number of H-pyrrole nitrogens is 1. The van der Waals surface area contributed by atoms with Crippen LogP contribution in [0.1, 0.15) is 32.7 Å². The number of nitriles is 1. The van der Waals surface area contributed by atoms with Crippen molar-refractivity contribution in [2.24, 2.45) is 0 Å². The predicted octanol–water partition coefficient (Wildman–Crippen LogP) is 4.99. The highest BCUT2D eigenvalue weighted by Crippen LogP contribution is 2.36. The van der Waals surface area contributed by atoms with Crippen molar-refractivity contribution in [2.45, 2.75) is 19.0 Å². The number of aryl methyl sites for hydroxylation is 1. The van der Waals surface area contributed by atoms with Crippen LogP contribution in [0.5, 0.6) is 0 Å². The average molecular weight is 400 g/mol. The Hall–Kier alpha value is -3.25. The van der Waals surface area contributed by atoms with E-state index in [1.165, 1.54) is 6.07 Å². The zero-order valence-corrected chi connectivity index (χ0v) is 15.1. The molecule has 1 unspecified atom stereocenters. The number of aromatic amines is 1. The van der Waals surface area contributed by atoms with Gasteiger partial charge in [-0.05, 0) is 36.8 Å². The third-order valence-electron chi connectivity index (χ3n) is 4.39. The van der Waals surface area contributed by atoms with E-state index in [0.29, 0.717) is 22.0 Å². The predicted molar refractivity (Wildman–Crippen MR) is 98.1 cm³/mol. The van der Waals surface area contributed by atoms with Crippen LogP contribution in [-0.2, 0) is 6.18 Å². The van der Waals surface area contributed by atoms with Gasteiger partial charge in [-0.1, -0.05) is 12.1 Å². The molecule has 9 heteroatoms. The minimum absolute atomic E-state index is 0.108. The van der Waals surface area contributed by atoms with Crippen molar-refractivity contribution in [1.82, 2.24) is 15.0 Å². The molecule has 5 nitrogen and oxygen atoms in total. The smallest absolute Gasteiger partial charge is 0.340 e. The van der Waals surface area contributed by atoms with E-state index in [-0.39, 0.29) is 15.5 Å². The fourth-order valence-corrected chi connectivity index (χ4v) is 4.13. The molecule has 0 aliphatic heterocycles. The summed E-state index contributed by atoms with van der Waals surface area (Å²) < 4.78 is 38.7. The number of fused-ring (bicyclic) bond motifs is 2. The summed E-state index contributed by atoms with van der Waals surface area (Å²) in [5, 5.41) is 10.0. The van der Waals surface area contributed by atoms with Gasteiger partial charge < -0.3 is 4.98 Å². The summed E-state index contributed by atoms with van der Waals surface area (Å²) in [7, 11) is 0. The van der Waals surface area contributed by atoms with Gasteiger partial charge in [-0.2, -0.15) is 18.4 Å². The van der Waals surface area contributed by atoms with Gasteiger partial charge in [0, 0.05) is 5.39 Å². The molecule has 1 atom stereocenters. The third-order valence-corrected chi connectivity index (χ3v) is 5.61. The number of carbonyl (C=O) groups is 1. The summed E-state index contributed by atoms with van der Waals surface area (Å²) in [6, 6.07) is 11.3. The Kier molecular flexibility index (Phi) is 4.16. The Morgan fingerprint density at radius 1 is 1.21 bits per heavy atom. The normalized spacial score (nSPS) is 13.0. The molecular weight excluding hydrogens is 389 g/mol. The number of alkyl halides is 3. The molecule has 0 saturated heterocycles. The largest absolute Gasteiger partial charge is 0.433 e. The lowest BCUT2D eigenvalue weighted by Gasteiger charge is -2.04. The summed E-state index contributed by atoms with van der Waals surface area (Å²) in [5.74, 6) is -1.51. The van der Waals surface area contributed by atoms with Gasteiger partial charge in [-0.25, -0.2) is 9.97 Å². The number of pyridine rings is 1. The van der Waals surface area contributed by atoms with E-state index >= 15 is 0 Å². The fourth-order valence-electron chi connectivity index (χ4n) is 2.98. The number of ketones is 1. The van der Waals surface area contributed by atoms with E-state index in [9.17, 15) is 23.2 Å². The highest BCUT2D eigenvalue weighted by Gasteiger charge is 2.34. The third kappa shape index (κ3) is 2.92. The van der Waals surface area contributed by atoms with Crippen molar-refractivity contribution in [2.75, 3.05) is 0 Å². The van der Waals surface area contributed by atoms with E-state index in [0.717, 1.165) is 17.4 Å². The number of carbonyl (C=O) groups excluding carboxylic acids is 1. The van der Waals surface area contributed by atoms with Crippen molar-refractivity contribution < 1.29 is 18.0 Å². The molecule has 0 bridgehead atoms. The van der Waals surface area contributed by atoms with Crippen molar-refractivity contribution in [3.63, 3.8) is 0 Å². The second kappa shape index (κ2) is 6.42. The molecule has 1 aromatic carbocycles. The van der Waals surface area contributed by atoms with Crippen LogP contribution in [0.4, 0.5) is 13.2 Å². The molecule has 1 N–H and O–H groups in total. The Morgan fingerprint density at radius 3 is 2.64 bits per heavy atom. The van der Waals surface area contributed by atoms with Gasteiger partial charge >= 0.3 is 6.18 Å². The molecule has 3 heterocycles. The van der Waals surface area contributed by atoms with Crippen LogP contribution in [0.2, 0.25) is 0 Å². The van der Waals surface area contributed by atoms with E-state index in [1.807, 2.05) is 6.07 Å². The number of benzene rings is 1. The number of imidazole rings is 1. The second-order valence-corrected chi connectivity index (χ2v) is 7.17. The topological polar surface area (TPSA) is 82.4 Å². The van der Waals surface area contributed by atoms with Crippen molar-refractivity contribution in [3.8, 4) is 6.07 Å². The van der Waals surface area contributed by atoms with Gasteiger partial charge in [-0.15, -0.1) is 11.3 Å². The number of thiophene rings is 1. The van der Waals surface area contributed by atoms with Gasteiger partial charge in [0.2, 0.25) is 0 Å². The van der Waals surface area contributed by atoms with Crippen LogP contribution in [0.15, 0.2) is 36.4 Å². The lowest BCUT2D eigenvalue weighted by Crippen LogP contribution is -2.12. The van der Waals surface area contributed by atoms with Gasteiger partial charge in [0.05, 0.1) is 22.0 Å². The van der Waals surface area contributed by atoms with Crippen LogP contribution in [0, 0.1) is 18.3 Å². The number of nitrogens with one attached hydrogen (secondary N) is 1. The Morgan fingerprint density at radius 2 is 1.96 bits per heavy atom. The van der Waals surface area contributed by atoms with E-state index < -0.39 is 23.6 Å². The number of para-hydroxylation sites is 2. The SMILES string of the molecule is Cc1c(C(=O)C(C#N)c2nc3ccccc3[nH]2)sc2nc(C(F)(F)F)ccc12. The summed E-state index contributed by atoms with van der Waals surface area (Å²) >= 11 is 0.854. The first-order valence-electron chi connectivity index (χ1n) is 8.15. The molecule has 140 valence electrons. The number of rotatable bonds is 3. The van der Waals surface area contributed by atoms with E-state index in [4.69, 9.17) is 0 Å². The van der Waals surface area contributed by atoms with Gasteiger partial charge in [-0.3, -0.25) is 4.79 Å². The molecular formula is C19H11F3N4OS. The maximum absolute atomic E-state index is 13.0. The van der Waals surface area contributed by atoms with Crippen molar-refractivity contribution in [3.05, 3.63) is 58.4 Å². The summed E-state index contributed by atoms with van der Waals surface area (Å²) in [4.78, 5) is 24.2. The van der Waals surface area contributed by atoms with Gasteiger partial charge in [0.25, 0.3) is 0 Å². The molecule has 4 aromatic rings. The van der Waals surface area contributed by atoms with Crippen LogP contribution in [0.25, 0.3) is 21.3 Å². The molecule has 0 fully saturated rings. The molecule has 0 spiro atoms. The number of aromatic nitrogens is 3. The molecule has 3 aromatic heterocycles. The number of hydrogen-bond acceptors (Lipinski definition) is 5. The first kappa shape index (κ1) is 18.1. The number of halogens is 3. The zero-order valence-electron chi connectivity index (χ0n) is 14.3. The van der Waals surface area contributed by atoms with Gasteiger partial charge in [0.1, 0.15) is 16.3 Å². The molecule has 0 saturated carbocycles. The van der Waals surface area contributed by atoms with Crippen molar-refractivity contribution in [1.29, 1.82) is 5.26 Å². The Labute approximate surface area is 160 Å². The first-order valence-corrected chi connectivity index (χ1v) is 8.97. The highest BCUT2D eigenvalue weighted by molar-refractivity contribution is 7.20. The van der Waals surface area contributed by atoms with Crippen molar-refractivity contribution >= 4 is 38.4 Å². The molecule has 0 aliphatic carbocycles. The molecule has 4 rings (SSSR count). The quantitative estimate of drug-likeness (QED) is 0.491. The number of Topliss-reactive ketones (excluding diaryl/α,β-unsaturated/α-hetero) is 1. The Bertz CT molecular complexity index is 1230. The second-order valence-electron chi connectivity index (χ2n) is 6.17. The molecule has 0 radical (unpaired) electrons. The van der Waals surface area contributed by atoms with Crippen LogP contribution in [0.3, 0.4) is 0 Å². The zero-order chi connectivity index (χ0) is 20.1. The lowest BCUT2D eigenvalue weighted by atomic mass is 10.0. The fraction of sp³-hybridized carbons (Fsp3) is 0.158. The monoisotopic (exact) mass is 400 g/mol. The molecule has 0 amide bonds. The number of nitrogens with zero attached hydrogens (tertiary/aromatic N) is 3. The summed E-state index contributed by atoms with van der Waals surface area (Å²) in [6.45, 7) is 1.63. The lowest BCUT2D eigenvalue weighted by molar-refractivity contribution is -0.140. The van der Waals surface area contributed by atoms with Crippen LogP contribution >= 0.6 is 11.3 Å². The molecule has 0 aliphatic rings. The maximum Gasteiger partial charge on any atom is 0.433 e. The minimum atomic E-state index is -4.57. The first-order chi connectivity index (χ1) is 13.3.